The first-order valence-corrected chi connectivity index (χ1v) is 6.81. The fourth-order valence-electron chi connectivity index (χ4n) is 2.14. The Balaban J connectivity index is 2.12. The summed E-state index contributed by atoms with van der Waals surface area (Å²) in [6.07, 6.45) is 0.539. The Labute approximate surface area is 120 Å². The Hall–Kier alpha value is -1.30. The van der Waals surface area contributed by atoms with Crippen molar-refractivity contribution in [3.63, 3.8) is 0 Å². The van der Waals surface area contributed by atoms with Crippen LogP contribution < -0.4 is 5.43 Å². The lowest BCUT2D eigenvalue weighted by atomic mass is 9.89. The van der Waals surface area contributed by atoms with Crippen LogP contribution in [0.5, 0.6) is 0 Å². The van der Waals surface area contributed by atoms with Crippen LogP contribution >= 0.6 is 11.6 Å². The van der Waals surface area contributed by atoms with E-state index in [-0.39, 0.29) is 10.8 Å². The molecule has 3 nitrogen and oxygen atoms in total. The van der Waals surface area contributed by atoms with Crippen LogP contribution in [0.15, 0.2) is 17.4 Å². The third kappa shape index (κ3) is 3.62. The van der Waals surface area contributed by atoms with Crippen LogP contribution in [0.3, 0.4) is 0 Å². The molecule has 0 aliphatic heterocycles. The molecular formula is C13H15ClF3N3. The molecule has 0 bridgehead atoms. The third-order valence-electron chi connectivity index (χ3n) is 3.36. The molecule has 0 radical (unpaired) electrons. The van der Waals surface area contributed by atoms with Gasteiger partial charge in [-0.3, -0.25) is 5.43 Å². The highest BCUT2D eigenvalue weighted by molar-refractivity contribution is 6.33. The van der Waals surface area contributed by atoms with E-state index in [1.165, 1.54) is 6.42 Å². The van der Waals surface area contributed by atoms with E-state index in [0.717, 1.165) is 37.2 Å². The van der Waals surface area contributed by atoms with Gasteiger partial charge >= 0.3 is 6.18 Å². The van der Waals surface area contributed by atoms with Crippen molar-refractivity contribution in [1.82, 2.24) is 4.98 Å². The van der Waals surface area contributed by atoms with Crippen molar-refractivity contribution < 1.29 is 13.2 Å². The summed E-state index contributed by atoms with van der Waals surface area (Å²) in [5.41, 5.74) is 2.81. The standard InChI is InChI=1S/C13H15ClF3N3/c1-8-4-2-3-5-11(8)19-20-12-10(14)6-9(7-18-12)13(15,16)17/h6-8H,2-5H2,1H3,(H,18,20)/b19-11-/t8-/m1/s1. The summed E-state index contributed by atoms with van der Waals surface area (Å²) in [6.45, 7) is 2.08. The van der Waals surface area contributed by atoms with Crippen molar-refractivity contribution in [3.8, 4) is 0 Å². The highest BCUT2D eigenvalue weighted by Gasteiger charge is 2.31. The number of hydrogen-bond acceptors (Lipinski definition) is 3. The lowest BCUT2D eigenvalue weighted by Crippen LogP contribution is -2.17. The van der Waals surface area contributed by atoms with Crippen LogP contribution in [0.1, 0.15) is 38.2 Å². The minimum Gasteiger partial charge on any atom is -0.260 e. The fraction of sp³-hybridized carbons (Fsp3) is 0.538. The Kier molecular flexibility index (Phi) is 4.52. The normalized spacial score (nSPS) is 22.1. The SMILES string of the molecule is C[C@@H]1CCCC/C1=N/Nc1ncc(C(F)(F)F)cc1Cl. The average Bonchev–Trinajstić information content (AvgIpc) is 2.38. The second kappa shape index (κ2) is 5.99. The summed E-state index contributed by atoms with van der Waals surface area (Å²) in [7, 11) is 0. The van der Waals surface area contributed by atoms with E-state index in [9.17, 15) is 13.2 Å². The van der Waals surface area contributed by atoms with E-state index >= 15 is 0 Å². The fourth-order valence-corrected chi connectivity index (χ4v) is 2.34. The summed E-state index contributed by atoms with van der Waals surface area (Å²) in [5.74, 6) is 0.523. The number of nitrogens with one attached hydrogen (secondary N) is 1. The molecule has 0 spiro atoms. The molecular weight excluding hydrogens is 291 g/mol. The summed E-state index contributed by atoms with van der Waals surface area (Å²) < 4.78 is 37.4. The van der Waals surface area contributed by atoms with Crippen molar-refractivity contribution in [2.45, 2.75) is 38.8 Å². The van der Waals surface area contributed by atoms with Crippen molar-refractivity contribution in [2.75, 3.05) is 5.43 Å². The van der Waals surface area contributed by atoms with Gasteiger partial charge in [-0.1, -0.05) is 24.9 Å². The van der Waals surface area contributed by atoms with Gasteiger partial charge in [0.1, 0.15) is 0 Å². The Morgan fingerprint density at radius 3 is 2.75 bits per heavy atom. The van der Waals surface area contributed by atoms with Crippen LogP contribution in [0.2, 0.25) is 5.02 Å². The van der Waals surface area contributed by atoms with E-state index in [0.29, 0.717) is 5.92 Å². The maximum absolute atomic E-state index is 12.5. The van der Waals surface area contributed by atoms with Crippen LogP contribution in [0.4, 0.5) is 19.0 Å². The minimum absolute atomic E-state index is 0.0902. The monoisotopic (exact) mass is 305 g/mol. The van der Waals surface area contributed by atoms with E-state index in [2.05, 4.69) is 22.4 Å². The lowest BCUT2D eigenvalue weighted by Gasteiger charge is -2.20. The number of pyridine rings is 1. The van der Waals surface area contributed by atoms with E-state index in [4.69, 9.17) is 11.6 Å². The predicted octanol–water partition coefficient (Wildman–Crippen LogP) is 4.73. The third-order valence-corrected chi connectivity index (χ3v) is 3.65. The number of halogens is 4. The second-order valence-electron chi connectivity index (χ2n) is 4.91. The first kappa shape index (κ1) is 15.1. The smallest absolute Gasteiger partial charge is 0.260 e. The molecule has 110 valence electrons. The Morgan fingerprint density at radius 1 is 1.40 bits per heavy atom. The molecule has 1 aliphatic rings. The number of hydrazone groups is 1. The molecule has 2 rings (SSSR count). The number of nitrogens with zero attached hydrogens (tertiary/aromatic N) is 2. The van der Waals surface area contributed by atoms with E-state index in [1.807, 2.05) is 0 Å². The van der Waals surface area contributed by atoms with E-state index in [1.54, 1.807) is 0 Å². The van der Waals surface area contributed by atoms with Crippen LogP contribution in [0.25, 0.3) is 0 Å². The molecule has 1 heterocycles. The maximum Gasteiger partial charge on any atom is 0.417 e. The van der Waals surface area contributed by atoms with Gasteiger partial charge in [0.05, 0.1) is 10.6 Å². The van der Waals surface area contributed by atoms with Gasteiger partial charge in [0.2, 0.25) is 0 Å². The molecule has 1 aromatic heterocycles. The van der Waals surface area contributed by atoms with Crippen molar-refractivity contribution in [3.05, 3.63) is 22.8 Å². The van der Waals surface area contributed by atoms with Crippen molar-refractivity contribution in [2.24, 2.45) is 11.0 Å². The van der Waals surface area contributed by atoms with Gasteiger partial charge in [0.15, 0.2) is 5.82 Å². The Bertz CT molecular complexity index is 514. The molecule has 1 aliphatic carbocycles. The number of aromatic nitrogens is 1. The molecule has 1 aromatic rings. The summed E-state index contributed by atoms with van der Waals surface area (Å²) >= 11 is 5.80. The molecule has 0 aromatic carbocycles. The van der Waals surface area contributed by atoms with Gasteiger partial charge in [0, 0.05) is 11.9 Å². The molecule has 1 fully saturated rings. The first-order valence-electron chi connectivity index (χ1n) is 6.43. The number of hydrogen-bond donors (Lipinski definition) is 1. The zero-order valence-corrected chi connectivity index (χ0v) is 11.7. The predicted molar refractivity (Wildman–Crippen MR) is 72.9 cm³/mol. The summed E-state index contributed by atoms with van der Waals surface area (Å²) in [5, 5.41) is 4.14. The van der Waals surface area contributed by atoms with Gasteiger partial charge in [-0.25, -0.2) is 4.98 Å². The molecule has 0 unspecified atom stereocenters. The average molecular weight is 306 g/mol. The van der Waals surface area contributed by atoms with Crippen molar-refractivity contribution in [1.29, 1.82) is 0 Å². The summed E-state index contributed by atoms with van der Waals surface area (Å²) in [6, 6.07) is 0.849. The quantitative estimate of drug-likeness (QED) is 0.802. The largest absolute Gasteiger partial charge is 0.417 e. The van der Waals surface area contributed by atoms with E-state index < -0.39 is 11.7 Å². The zero-order valence-electron chi connectivity index (χ0n) is 11.0. The lowest BCUT2D eigenvalue weighted by molar-refractivity contribution is -0.137. The molecule has 1 atom stereocenters. The molecule has 1 saturated carbocycles. The first-order chi connectivity index (χ1) is 9.38. The second-order valence-corrected chi connectivity index (χ2v) is 5.32. The maximum atomic E-state index is 12.5. The zero-order chi connectivity index (χ0) is 14.8. The Morgan fingerprint density at radius 2 is 2.15 bits per heavy atom. The van der Waals surface area contributed by atoms with Gasteiger partial charge < -0.3 is 0 Å². The molecule has 20 heavy (non-hydrogen) atoms. The minimum atomic E-state index is -4.45. The van der Waals surface area contributed by atoms with Crippen LogP contribution in [0, 0.1) is 5.92 Å². The van der Waals surface area contributed by atoms with Crippen LogP contribution in [-0.2, 0) is 6.18 Å². The molecule has 1 N–H and O–H groups in total. The van der Waals surface area contributed by atoms with Crippen molar-refractivity contribution >= 4 is 23.1 Å². The highest BCUT2D eigenvalue weighted by Crippen LogP contribution is 2.32. The highest BCUT2D eigenvalue weighted by atomic mass is 35.5. The van der Waals surface area contributed by atoms with Crippen LogP contribution in [-0.4, -0.2) is 10.7 Å². The van der Waals surface area contributed by atoms with Gasteiger partial charge in [-0.05, 0) is 31.2 Å². The number of alkyl halides is 3. The molecule has 0 amide bonds. The number of anilines is 1. The van der Waals surface area contributed by atoms with Gasteiger partial charge in [-0.15, -0.1) is 0 Å². The molecule has 7 heteroatoms. The topological polar surface area (TPSA) is 37.3 Å². The van der Waals surface area contributed by atoms with Gasteiger partial charge in [0.25, 0.3) is 0 Å². The summed E-state index contributed by atoms with van der Waals surface area (Å²) in [4.78, 5) is 3.68. The number of rotatable bonds is 2. The molecule has 0 saturated heterocycles. The van der Waals surface area contributed by atoms with Gasteiger partial charge in [-0.2, -0.15) is 18.3 Å².